The zero-order valence-corrected chi connectivity index (χ0v) is 8.58. The van der Waals surface area contributed by atoms with E-state index in [9.17, 15) is 4.21 Å². The summed E-state index contributed by atoms with van der Waals surface area (Å²) in [4.78, 5) is 4.11. The molecule has 1 unspecified atom stereocenters. The number of hydrogen-bond donors (Lipinski definition) is 1. The smallest absolute Gasteiger partial charge is 0.0795 e. The molecule has 3 nitrogen and oxygen atoms in total. The lowest BCUT2D eigenvalue weighted by Crippen LogP contribution is -2.19. The molecular formula is C7H12N2OS2. The highest BCUT2D eigenvalue weighted by Crippen LogP contribution is 1.99. The van der Waals surface area contributed by atoms with Crippen molar-refractivity contribution in [2.75, 3.05) is 18.6 Å². The molecule has 0 saturated heterocycles. The van der Waals surface area contributed by atoms with Crippen LogP contribution in [0.2, 0.25) is 0 Å². The number of nitrogens with zero attached hydrogens (tertiary/aromatic N) is 1. The predicted octanol–water partition coefficient (Wildman–Crippen LogP) is 0.611. The molecule has 0 saturated carbocycles. The summed E-state index contributed by atoms with van der Waals surface area (Å²) in [5, 5.41) is 5.18. The van der Waals surface area contributed by atoms with Crippen molar-refractivity contribution in [1.29, 1.82) is 0 Å². The summed E-state index contributed by atoms with van der Waals surface area (Å²) in [5.74, 6) is 0.712. The molecule has 1 atom stereocenters. The van der Waals surface area contributed by atoms with Crippen LogP contribution in [-0.4, -0.2) is 27.7 Å². The van der Waals surface area contributed by atoms with E-state index in [-0.39, 0.29) is 0 Å². The van der Waals surface area contributed by atoms with Crippen LogP contribution in [-0.2, 0) is 17.3 Å². The van der Waals surface area contributed by atoms with Gasteiger partial charge in [0.05, 0.1) is 11.2 Å². The van der Waals surface area contributed by atoms with E-state index < -0.39 is 10.8 Å². The molecule has 12 heavy (non-hydrogen) atoms. The first kappa shape index (κ1) is 9.83. The maximum absolute atomic E-state index is 10.7. The molecular weight excluding hydrogens is 192 g/mol. The fraction of sp³-hybridized carbons (Fsp3) is 0.571. The topological polar surface area (TPSA) is 42.0 Å². The summed E-state index contributed by atoms with van der Waals surface area (Å²) in [6.07, 6.45) is 1.71. The lowest BCUT2D eigenvalue weighted by atomic mass is 10.5. The summed E-state index contributed by atoms with van der Waals surface area (Å²) < 4.78 is 10.7. The van der Waals surface area contributed by atoms with Gasteiger partial charge in [-0.05, 0) is 0 Å². The van der Waals surface area contributed by atoms with Crippen molar-refractivity contribution in [3.63, 3.8) is 0 Å². The van der Waals surface area contributed by atoms with Crippen LogP contribution >= 0.6 is 11.3 Å². The van der Waals surface area contributed by atoms with Gasteiger partial charge in [-0.25, -0.2) is 4.98 Å². The molecule has 1 heterocycles. The summed E-state index contributed by atoms with van der Waals surface area (Å²) in [6.45, 7) is 1.57. The molecule has 0 radical (unpaired) electrons. The Morgan fingerprint density at radius 3 is 3.17 bits per heavy atom. The Labute approximate surface area is 78.7 Å². The van der Waals surface area contributed by atoms with Crippen LogP contribution in [0.25, 0.3) is 0 Å². The van der Waals surface area contributed by atoms with E-state index in [1.54, 1.807) is 17.6 Å². The van der Waals surface area contributed by atoms with Crippen molar-refractivity contribution in [1.82, 2.24) is 10.3 Å². The summed E-state index contributed by atoms with van der Waals surface area (Å²) in [7, 11) is -0.694. The number of rotatable bonds is 5. The third-order valence-electron chi connectivity index (χ3n) is 1.36. The molecule has 0 bridgehead atoms. The van der Waals surface area contributed by atoms with E-state index in [1.165, 1.54) is 0 Å². The van der Waals surface area contributed by atoms with Gasteiger partial charge in [0.1, 0.15) is 0 Å². The Morgan fingerprint density at radius 2 is 2.58 bits per heavy atom. The Balaban J connectivity index is 2.07. The lowest BCUT2D eigenvalue weighted by Gasteiger charge is -1.99. The summed E-state index contributed by atoms with van der Waals surface area (Å²) in [6, 6.07) is 0. The third-order valence-corrected chi connectivity index (χ3v) is 2.77. The zero-order valence-electron chi connectivity index (χ0n) is 6.95. The van der Waals surface area contributed by atoms with Gasteiger partial charge in [-0.2, -0.15) is 0 Å². The van der Waals surface area contributed by atoms with Gasteiger partial charge in [0.15, 0.2) is 0 Å². The summed E-state index contributed by atoms with van der Waals surface area (Å²) in [5.41, 5.74) is 2.87. The molecule has 1 aromatic rings. The fourth-order valence-electron chi connectivity index (χ4n) is 0.757. The molecule has 5 heteroatoms. The lowest BCUT2D eigenvalue weighted by molar-refractivity contribution is 0.674. The van der Waals surface area contributed by atoms with Crippen LogP contribution in [0, 0.1) is 0 Å². The van der Waals surface area contributed by atoms with Crippen molar-refractivity contribution in [3.8, 4) is 0 Å². The second-order valence-electron chi connectivity index (χ2n) is 2.43. The second-order valence-corrected chi connectivity index (χ2v) is 4.71. The molecule has 1 aromatic heterocycles. The maximum atomic E-state index is 10.7. The van der Waals surface area contributed by atoms with Gasteiger partial charge in [-0.15, -0.1) is 11.3 Å². The van der Waals surface area contributed by atoms with Gasteiger partial charge in [0.25, 0.3) is 0 Å². The average molecular weight is 204 g/mol. The van der Waals surface area contributed by atoms with E-state index in [0.717, 1.165) is 18.8 Å². The molecule has 0 aliphatic rings. The van der Waals surface area contributed by atoms with Crippen molar-refractivity contribution in [2.24, 2.45) is 0 Å². The van der Waals surface area contributed by atoms with Crippen molar-refractivity contribution in [2.45, 2.75) is 6.54 Å². The van der Waals surface area contributed by atoms with Crippen LogP contribution in [0.1, 0.15) is 5.69 Å². The quantitative estimate of drug-likeness (QED) is 0.715. The number of aromatic nitrogens is 1. The van der Waals surface area contributed by atoms with Crippen LogP contribution in [0.15, 0.2) is 10.9 Å². The van der Waals surface area contributed by atoms with Crippen molar-refractivity contribution >= 4 is 22.1 Å². The number of nitrogens with one attached hydrogen (secondary N) is 1. The van der Waals surface area contributed by atoms with Crippen LogP contribution in [0.4, 0.5) is 0 Å². The first-order chi connectivity index (χ1) is 5.79. The van der Waals surface area contributed by atoms with Gasteiger partial charge in [-0.1, -0.05) is 0 Å². The molecule has 0 aliphatic carbocycles. The highest BCUT2D eigenvalue weighted by atomic mass is 32.2. The average Bonchev–Trinajstić information content (AvgIpc) is 2.49. The van der Waals surface area contributed by atoms with Gasteiger partial charge in [0.2, 0.25) is 0 Å². The highest BCUT2D eigenvalue weighted by Gasteiger charge is 1.94. The van der Waals surface area contributed by atoms with E-state index in [2.05, 4.69) is 10.3 Å². The maximum Gasteiger partial charge on any atom is 0.0795 e. The van der Waals surface area contributed by atoms with Gasteiger partial charge in [-0.3, -0.25) is 4.21 Å². The molecule has 0 aromatic carbocycles. The van der Waals surface area contributed by atoms with Crippen LogP contribution in [0.3, 0.4) is 0 Å². The normalized spacial score (nSPS) is 13.1. The monoisotopic (exact) mass is 204 g/mol. The highest BCUT2D eigenvalue weighted by molar-refractivity contribution is 7.84. The molecule has 0 spiro atoms. The minimum atomic E-state index is -0.694. The van der Waals surface area contributed by atoms with Crippen LogP contribution < -0.4 is 5.32 Å². The molecule has 0 amide bonds. The molecule has 68 valence electrons. The molecule has 1 rings (SSSR count). The predicted molar refractivity (Wildman–Crippen MR) is 52.8 cm³/mol. The number of thiazole rings is 1. The standard InChI is InChI=1S/C7H12N2OS2/c1-12(10)3-2-8-4-7-5-11-6-9-7/h5-6,8H,2-4H2,1H3. The molecule has 0 fully saturated rings. The summed E-state index contributed by atoms with van der Waals surface area (Å²) >= 11 is 1.59. The van der Waals surface area contributed by atoms with Gasteiger partial charge < -0.3 is 5.32 Å². The second kappa shape index (κ2) is 5.40. The Morgan fingerprint density at radius 1 is 1.75 bits per heavy atom. The van der Waals surface area contributed by atoms with Gasteiger partial charge in [0, 0.05) is 41.3 Å². The van der Waals surface area contributed by atoms with E-state index in [4.69, 9.17) is 0 Å². The molecule has 1 N–H and O–H groups in total. The Bertz CT molecular complexity index is 236. The minimum Gasteiger partial charge on any atom is -0.310 e. The third kappa shape index (κ3) is 3.94. The number of hydrogen-bond acceptors (Lipinski definition) is 4. The van der Waals surface area contributed by atoms with E-state index >= 15 is 0 Å². The minimum absolute atomic E-state index is 0.694. The Kier molecular flexibility index (Phi) is 4.42. The van der Waals surface area contributed by atoms with Crippen LogP contribution in [0.5, 0.6) is 0 Å². The molecule has 0 aliphatic heterocycles. The van der Waals surface area contributed by atoms with E-state index in [0.29, 0.717) is 5.75 Å². The van der Waals surface area contributed by atoms with E-state index in [1.807, 2.05) is 10.9 Å². The van der Waals surface area contributed by atoms with Gasteiger partial charge >= 0.3 is 0 Å². The Hall–Kier alpha value is -0.260. The van der Waals surface area contributed by atoms with Crippen molar-refractivity contribution in [3.05, 3.63) is 16.6 Å². The largest absolute Gasteiger partial charge is 0.310 e. The first-order valence-electron chi connectivity index (χ1n) is 3.67. The SMILES string of the molecule is CS(=O)CCNCc1cscn1. The van der Waals surface area contributed by atoms with Crippen molar-refractivity contribution < 1.29 is 4.21 Å². The zero-order chi connectivity index (χ0) is 8.81. The first-order valence-corrected chi connectivity index (χ1v) is 6.34. The fourth-order valence-corrected chi connectivity index (χ4v) is 1.75.